The molecule has 0 unspecified atom stereocenters. The first-order valence-corrected chi connectivity index (χ1v) is 13.1. The summed E-state index contributed by atoms with van der Waals surface area (Å²) >= 11 is 1.75. The number of hydrogen-bond acceptors (Lipinski definition) is 1. The van der Waals surface area contributed by atoms with E-state index in [1.807, 2.05) is 0 Å². The zero-order valence-corrected chi connectivity index (χ0v) is 18.4. The van der Waals surface area contributed by atoms with Crippen molar-refractivity contribution >= 4 is 30.0 Å². The molecule has 0 bridgehead atoms. The number of halogens is 6. The molecule has 0 nitrogen and oxygen atoms in total. The Morgan fingerprint density at radius 3 is 1.48 bits per heavy atom. The summed E-state index contributed by atoms with van der Waals surface area (Å²) in [4.78, 5) is 4.09. The van der Waals surface area contributed by atoms with Gasteiger partial charge in [-0.25, -0.2) is 0 Å². The van der Waals surface area contributed by atoms with Crippen LogP contribution in [0.15, 0.2) is 116 Å². The van der Waals surface area contributed by atoms with Crippen LogP contribution >= 0.6 is 19.1 Å². The molecule has 0 saturated carbocycles. The van der Waals surface area contributed by atoms with Crippen LogP contribution in [-0.2, 0) is 10.9 Å². The van der Waals surface area contributed by atoms with Crippen molar-refractivity contribution in [2.75, 3.05) is 0 Å². The van der Waals surface area contributed by atoms with Crippen molar-refractivity contribution in [3.63, 3.8) is 0 Å². The quantitative estimate of drug-likeness (QED) is 0.152. The van der Waals surface area contributed by atoms with E-state index in [1.54, 1.807) is 11.3 Å². The second kappa shape index (κ2) is 8.34. The number of thiophene rings is 1. The van der Waals surface area contributed by atoms with Crippen LogP contribution in [0.25, 0.3) is 11.1 Å². The van der Waals surface area contributed by atoms with Crippen molar-refractivity contribution in [1.82, 2.24) is 0 Å². The molecule has 0 aliphatic heterocycles. The van der Waals surface area contributed by atoms with E-state index in [-0.39, 0.29) is 10.9 Å². The predicted octanol–water partition coefficient (Wildman–Crippen LogP) is 9.89. The topological polar surface area (TPSA) is 0 Å². The zero-order chi connectivity index (χ0) is 22.6. The molecule has 4 aromatic rings. The number of benzene rings is 3. The normalized spacial score (nSPS) is 13.6. The smallest absolute Gasteiger partial charge is 0.152 e. The molecule has 31 heavy (non-hydrogen) atoms. The minimum Gasteiger partial charge on any atom is -0.152 e. The predicted molar refractivity (Wildman–Crippen MR) is 118 cm³/mol. The second-order valence-corrected chi connectivity index (χ2v) is 11.1. The van der Waals surface area contributed by atoms with Gasteiger partial charge in [0.15, 0.2) is 14.7 Å². The zero-order valence-electron chi connectivity index (χ0n) is 15.8. The van der Waals surface area contributed by atoms with Gasteiger partial charge >= 0.3 is 33.0 Å². The van der Waals surface area contributed by atoms with E-state index < -0.39 is 7.81 Å². The van der Waals surface area contributed by atoms with Crippen LogP contribution in [0.2, 0.25) is 0 Å². The van der Waals surface area contributed by atoms with Gasteiger partial charge < -0.3 is 0 Å². The molecule has 0 fully saturated rings. The Balaban J connectivity index is 0.000000339. The largest absolute Gasteiger partial charge is 0.174 e. The standard InChI is InChI=1S/C22H17S2.F6P/c1-3-9-19(10-4-1)24(20-11-5-2-6-12-20)22-14-8-7-13-21(22)18-15-16-23-17-18;1-7(2,3,4,5)6/h1-17H;/q+1;-1. The van der Waals surface area contributed by atoms with Crippen molar-refractivity contribution in [2.24, 2.45) is 0 Å². The molecule has 0 amide bonds. The summed E-state index contributed by atoms with van der Waals surface area (Å²) in [5, 5.41) is 4.38. The van der Waals surface area contributed by atoms with E-state index in [0.717, 1.165) is 0 Å². The van der Waals surface area contributed by atoms with Crippen LogP contribution in [0, 0.1) is 0 Å². The van der Waals surface area contributed by atoms with Gasteiger partial charge in [0.2, 0.25) is 0 Å². The molecule has 1 heterocycles. The van der Waals surface area contributed by atoms with E-state index in [0.29, 0.717) is 0 Å². The molecule has 0 atom stereocenters. The van der Waals surface area contributed by atoms with Crippen LogP contribution in [0.3, 0.4) is 0 Å². The molecular weight excluding hydrogens is 473 g/mol. The third-order valence-electron chi connectivity index (χ3n) is 3.90. The van der Waals surface area contributed by atoms with Crippen LogP contribution in [0.1, 0.15) is 0 Å². The maximum Gasteiger partial charge on any atom is 0.174 e. The first-order chi connectivity index (χ1) is 14.4. The Morgan fingerprint density at radius 2 is 1.03 bits per heavy atom. The fourth-order valence-corrected chi connectivity index (χ4v) is 5.72. The Hall–Kier alpha value is -2.28. The minimum atomic E-state index is -10.7. The van der Waals surface area contributed by atoms with Gasteiger partial charge in [0.25, 0.3) is 0 Å². The summed E-state index contributed by atoms with van der Waals surface area (Å²) < 4.78 is 59.2. The molecule has 0 spiro atoms. The Kier molecular flexibility index (Phi) is 6.29. The molecule has 9 heteroatoms. The fourth-order valence-electron chi connectivity index (χ4n) is 2.80. The van der Waals surface area contributed by atoms with E-state index >= 15 is 0 Å². The maximum atomic E-state index is 9.87. The third kappa shape index (κ3) is 8.05. The summed E-state index contributed by atoms with van der Waals surface area (Å²) in [6.45, 7) is 0. The third-order valence-corrected chi connectivity index (χ3v) is 6.86. The molecule has 0 N–H and O–H groups in total. The Morgan fingerprint density at radius 1 is 0.581 bits per heavy atom. The molecule has 0 aliphatic rings. The summed E-state index contributed by atoms with van der Waals surface area (Å²) in [7, 11) is -10.8. The number of rotatable bonds is 4. The van der Waals surface area contributed by atoms with Crippen molar-refractivity contribution in [3.05, 3.63) is 102 Å². The first-order valence-electron chi connectivity index (χ1n) is 8.91. The van der Waals surface area contributed by atoms with E-state index in [9.17, 15) is 25.2 Å². The van der Waals surface area contributed by atoms with Crippen LogP contribution in [0.4, 0.5) is 25.2 Å². The average molecular weight is 490 g/mol. The first kappa shape index (κ1) is 23.4. The molecule has 0 aliphatic carbocycles. The summed E-state index contributed by atoms with van der Waals surface area (Å²) in [6, 6.07) is 32.6. The molecule has 1 aromatic heterocycles. The fraction of sp³-hybridized carbons (Fsp3) is 0. The van der Waals surface area contributed by atoms with E-state index in [4.69, 9.17) is 0 Å². The molecule has 4 rings (SSSR count). The van der Waals surface area contributed by atoms with Crippen molar-refractivity contribution in [1.29, 1.82) is 0 Å². The van der Waals surface area contributed by atoms with Crippen molar-refractivity contribution in [2.45, 2.75) is 14.7 Å². The van der Waals surface area contributed by atoms with Crippen molar-refractivity contribution < 1.29 is 25.2 Å². The van der Waals surface area contributed by atoms with Gasteiger partial charge in [0.05, 0.1) is 10.9 Å². The SMILES string of the molecule is F[P-](F)(F)(F)(F)F.c1ccc([S+](c2ccccc2)c2ccccc2-c2ccsc2)cc1. The molecule has 3 aromatic carbocycles. The average Bonchev–Trinajstić information content (AvgIpc) is 3.23. The van der Waals surface area contributed by atoms with Crippen LogP contribution in [0.5, 0.6) is 0 Å². The Labute approximate surface area is 182 Å². The minimum absolute atomic E-state index is 0.106. The summed E-state index contributed by atoms with van der Waals surface area (Å²) in [5.41, 5.74) is 2.63. The van der Waals surface area contributed by atoms with Gasteiger partial charge in [0.1, 0.15) is 0 Å². The molecule has 0 radical (unpaired) electrons. The second-order valence-electron chi connectivity index (χ2n) is 6.40. The molecule has 164 valence electrons. The van der Waals surface area contributed by atoms with Gasteiger partial charge in [-0.3, -0.25) is 0 Å². The van der Waals surface area contributed by atoms with Crippen LogP contribution < -0.4 is 0 Å². The van der Waals surface area contributed by atoms with Gasteiger partial charge in [-0.15, -0.1) is 0 Å². The summed E-state index contributed by atoms with van der Waals surface area (Å²) in [5.74, 6) is 0. The Bertz CT molecular complexity index is 1060. The van der Waals surface area contributed by atoms with E-state index in [1.165, 1.54) is 25.8 Å². The van der Waals surface area contributed by atoms with Gasteiger partial charge in [-0.2, -0.15) is 11.3 Å². The number of hydrogen-bond donors (Lipinski definition) is 0. The van der Waals surface area contributed by atoms with Gasteiger partial charge in [-0.05, 0) is 58.8 Å². The van der Waals surface area contributed by atoms with Crippen molar-refractivity contribution in [3.8, 4) is 11.1 Å². The van der Waals surface area contributed by atoms with E-state index in [2.05, 4.69) is 102 Å². The van der Waals surface area contributed by atoms with Gasteiger partial charge in [0, 0.05) is 5.56 Å². The van der Waals surface area contributed by atoms with Gasteiger partial charge in [-0.1, -0.05) is 48.5 Å². The maximum absolute atomic E-state index is 10.7. The summed E-state index contributed by atoms with van der Waals surface area (Å²) in [6.07, 6.45) is 0. The molecular formula is C22H17F6PS2. The van der Waals surface area contributed by atoms with Crippen LogP contribution in [-0.4, -0.2) is 0 Å². The molecule has 0 saturated heterocycles. The monoisotopic (exact) mass is 490 g/mol.